The number of aryl methyl sites for hydroxylation is 1. The van der Waals surface area contributed by atoms with Gasteiger partial charge in [-0.25, -0.2) is 4.98 Å². The summed E-state index contributed by atoms with van der Waals surface area (Å²) in [4.78, 5) is 8.73. The molecule has 0 aliphatic rings. The van der Waals surface area contributed by atoms with Crippen molar-refractivity contribution in [2.45, 2.75) is 13.5 Å². The van der Waals surface area contributed by atoms with E-state index in [2.05, 4.69) is 45.8 Å². The van der Waals surface area contributed by atoms with Crippen LogP contribution in [0.15, 0.2) is 36.0 Å². The predicted molar refractivity (Wildman–Crippen MR) is 72.5 cm³/mol. The van der Waals surface area contributed by atoms with Gasteiger partial charge >= 0.3 is 0 Å². The van der Waals surface area contributed by atoms with E-state index in [1.54, 1.807) is 11.3 Å². The molecule has 3 nitrogen and oxygen atoms in total. The molecule has 0 bridgehead atoms. The Bertz CT molecular complexity index is 639. The van der Waals surface area contributed by atoms with Crippen LogP contribution in [0.1, 0.15) is 10.4 Å². The molecule has 2 N–H and O–H groups in total. The lowest BCUT2D eigenvalue weighted by Crippen LogP contribution is -2.00. The number of hydrogen-bond acceptors (Lipinski definition) is 3. The van der Waals surface area contributed by atoms with Gasteiger partial charge in [-0.1, -0.05) is 0 Å². The molecule has 0 atom stereocenters. The molecule has 0 aliphatic carbocycles. The largest absolute Gasteiger partial charge is 0.380 e. The Kier molecular flexibility index (Phi) is 2.57. The van der Waals surface area contributed by atoms with E-state index in [1.807, 2.05) is 12.4 Å². The normalized spacial score (nSPS) is 10.9. The third-order valence-electron chi connectivity index (χ3n) is 2.88. The van der Waals surface area contributed by atoms with Crippen LogP contribution in [0.25, 0.3) is 11.0 Å². The zero-order valence-corrected chi connectivity index (χ0v) is 10.3. The van der Waals surface area contributed by atoms with Crippen molar-refractivity contribution in [1.29, 1.82) is 0 Å². The van der Waals surface area contributed by atoms with Crippen molar-refractivity contribution in [3.05, 3.63) is 46.4 Å². The third kappa shape index (κ3) is 1.91. The number of anilines is 1. The number of thiophene rings is 1. The van der Waals surface area contributed by atoms with E-state index in [0.717, 1.165) is 12.2 Å². The molecule has 0 saturated carbocycles. The van der Waals surface area contributed by atoms with E-state index >= 15 is 0 Å². The highest BCUT2D eigenvalue weighted by atomic mass is 32.1. The van der Waals surface area contributed by atoms with E-state index in [9.17, 15) is 0 Å². The lowest BCUT2D eigenvalue weighted by Gasteiger charge is -2.06. The van der Waals surface area contributed by atoms with Crippen molar-refractivity contribution < 1.29 is 0 Å². The zero-order chi connectivity index (χ0) is 11.7. The lowest BCUT2D eigenvalue weighted by molar-refractivity contribution is 1.15. The van der Waals surface area contributed by atoms with Crippen LogP contribution in [-0.2, 0) is 6.54 Å². The van der Waals surface area contributed by atoms with Crippen LogP contribution in [0.3, 0.4) is 0 Å². The van der Waals surface area contributed by atoms with E-state index in [-0.39, 0.29) is 0 Å². The van der Waals surface area contributed by atoms with Crippen LogP contribution in [0.2, 0.25) is 0 Å². The molecule has 0 radical (unpaired) electrons. The highest BCUT2D eigenvalue weighted by Crippen LogP contribution is 2.22. The molecule has 0 aliphatic heterocycles. The van der Waals surface area contributed by atoms with Crippen LogP contribution < -0.4 is 5.32 Å². The first kappa shape index (κ1) is 10.4. The number of hydrogen-bond donors (Lipinski definition) is 2. The summed E-state index contributed by atoms with van der Waals surface area (Å²) in [5, 5.41) is 6.76. The summed E-state index contributed by atoms with van der Waals surface area (Å²) in [6.07, 6.45) is 3.77. The number of pyridine rings is 1. The van der Waals surface area contributed by atoms with Gasteiger partial charge in [0.15, 0.2) is 0 Å². The lowest BCUT2D eigenvalue weighted by atomic mass is 10.2. The summed E-state index contributed by atoms with van der Waals surface area (Å²) >= 11 is 1.76. The minimum Gasteiger partial charge on any atom is -0.380 e. The molecule has 0 amide bonds. The summed E-state index contributed by atoms with van der Waals surface area (Å²) in [6.45, 7) is 2.96. The smallest absolute Gasteiger partial charge is 0.137 e. The highest BCUT2D eigenvalue weighted by Gasteiger charge is 2.03. The molecule has 3 rings (SSSR count). The standard InChI is InChI=1S/C13H13N3S/c1-9-12(4-7-17-9)16-8-10-2-5-14-13-11(10)3-6-15-13/h2-7,16H,8H2,1H3,(H,14,15). The number of H-pyrrole nitrogens is 1. The number of nitrogens with zero attached hydrogens (tertiary/aromatic N) is 1. The monoisotopic (exact) mass is 243 g/mol. The van der Waals surface area contributed by atoms with Gasteiger partial charge in [0.1, 0.15) is 5.65 Å². The Balaban J connectivity index is 1.86. The minimum atomic E-state index is 0.828. The molecule has 86 valence electrons. The molecule has 0 aromatic carbocycles. The third-order valence-corrected chi connectivity index (χ3v) is 3.72. The molecule has 0 spiro atoms. The molecular weight excluding hydrogens is 230 g/mol. The molecule has 0 saturated heterocycles. The Morgan fingerprint density at radius 1 is 1.35 bits per heavy atom. The van der Waals surface area contributed by atoms with Gasteiger partial charge in [-0.05, 0) is 36.1 Å². The first-order chi connectivity index (χ1) is 8.34. The number of aromatic amines is 1. The number of nitrogens with one attached hydrogen (secondary N) is 2. The summed E-state index contributed by atoms with van der Waals surface area (Å²) in [5.74, 6) is 0. The van der Waals surface area contributed by atoms with Crippen LogP contribution in [0.4, 0.5) is 5.69 Å². The number of rotatable bonds is 3. The second kappa shape index (κ2) is 4.22. The minimum absolute atomic E-state index is 0.828. The first-order valence-corrected chi connectivity index (χ1v) is 6.41. The quantitative estimate of drug-likeness (QED) is 0.738. The van der Waals surface area contributed by atoms with Gasteiger partial charge in [-0.15, -0.1) is 11.3 Å². The average molecular weight is 243 g/mol. The zero-order valence-electron chi connectivity index (χ0n) is 9.53. The molecule has 0 fully saturated rings. The molecule has 17 heavy (non-hydrogen) atoms. The summed E-state index contributed by atoms with van der Waals surface area (Å²) < 4.78 is 0. The van der Waals surface area contributed by atoms with Crippen molar-refractivity contribution in [2.24, 2.45) is 0 Å². The maximum absolute atomic E-state index is 4.28. The Labute approximate surface area is 104 Å². The predicted octanol–water partition coefficient (Wildman–Crippen LogP) is 3.54. The maximum Gasteiger partial charge on any atom is 0.137 e. The topological polar surface area (TPSA) is 40.7 Å². The molecular formula is C13H13N3S. The van der Waals surface area contributed by atoms with Gasteiger partial charge in [-0.2, -0.15) is 0 Å². The summed E-state index contributed by atoms with van der Waals surface area (Å²) in [7, 11) is 0. The van der Waals surface area contributed by atoms with Crippen LogP contribution in [-0.4, -0.2) is 9.97 Å². The maximum atomic E-state index is 4.28. The van der Waals surface area contributed by atoms with Crippen LogP contribution in [0.5, 0.6) is 0 Å². The summed E-state index contributed by atoms with van der Waals surface area (Å²) in [6, 6.07) is 6.25. The van der Waals surface area contributed by atoms with E-state index in [4.69, 9.17) is 0 Å². The highest BCUT2D eigenvalue weighted by molar-refractivity contribution is 7.10. The van der Waals surface area contributed by atoms with E-state index in [1.165, 1.54) is 21.5 Å². The van der Waals surface area contributed by atoms with Crippen molar-refractivity contribution in [3.8, 4) is 0 Å². The molecule has 3 aromatic rings. The number of aromatic nitrogens is 2. The average Bonchev–Trinajstić information content (AvgIpc) is 2.95. The van der Waals surface area contributed by atoms with Crippen LogP contribution in [0, 0.1) is 6.92 Å². The Hall–Kier alpha value is -1.81. The van der Waals surface area contributed by atoms with E-state index < -0.39 is 0 Å². The Morgan fingerprint density at radius 3 is 3.12 bits per heavy atom. The first-order valence-electron chi connectivity index (χ1n) is 5.53. The van der Waals surface area contributed by atoms with Gasteiger partial charge < -0.3 is 10.3 Å². The van der Waals surface area contributed by atoms with Gasteiger partial charge in [0.05, 0.1) is 0 Å². The van der Waals surface area contributed by atoms with Crippen molar-refractivity contribution in [2.75, 3.05) is 5.32 Å². The van der Waals surface area contributed by atoms with Gasteiger partial charge in [0.25, 0.3) is 0 Å². The molecule has 3 aromatic heterocycles. The van der Waals surface area contributed by atoms with E-state index in [0.29, 0.717) is 0 Å². The van der Waals surface area contributed by atoms with Gasteiger partial charge in [0.2, 0.25) is 0 Å². The molecule has 0 unspecified atom stereocenters. The fraction of sp³-hybridized carbons (Fsp3) is 0.154. The second-order valence-electron chi connectivity index (χ2n) is 3.95. The Morgan fingerprint density at radius 2 is 2.29 bits per heavy atom. The molecule has 3 heterocycles. The molecule has 4 heteroatoms. The number of fused-ring (bicyclic) bond motifs is 1. The van der Waals surface area contributed by atoms with Gasteiger partial charge in [0, 0.05) is 34.9 Å². The second-order valence-corrected chi connectivity index (χ2v) is 5.07. The SMILES string of the molecule is Cc1sccc1NCc1ccnc2[nH]ccc12. The summed E-state index contributed by atoms with van der Waals surface area (Å²) in [5.41, 5.74) is 3.43. The van der Waals surface area contributed by atoms with Crippen molar-refractivity contribution >= 4 is 28.1 Å². The van der Waals surface area contributed by atoms with Crippen LogP contribution >= 0.6 is 11.3 Å². The van der Waals surface area contributed by atoms with Crippen molar-refractivity contribution in [3.63, 3.8) is 0 Å². The van der Waals surface area contributed by atoms with Gasteiger partial charge in [-0.3, -0.25) is 0 Å². The fourth-order valence-corrected chi connectivity index (χ4v) is 2.61. The fourth-order valence-electron chi connectivity index (χ4n) is 1.93. The van der Waals surface area contributed by atoms with Crippen molar-refractivity contribution in [1.82, 2.24) is 9.97 Å².